The van der Waals surface area contributed by atoms with Gasteiger partial charge in [-0.15, -0.1) is 0 Å². The number of phenolic OH excluding ortho intramolecular Hbond substituents is 1. The minimum Gasteiger partial charge on any atom is -0.507 e. The number of nitrogens with one attached hydrogen (secondary N) is 2. The maximum absolute atomic E-state index is 12.1. The summed E-state index contributed by atoms with van der Waals surface area (Å²) in [5.41, 5.74) is 7.67. The molecule has 4 heteroatoms. The molecule has 2 unspecified atom stereocenters. The number of aromatic hydroxyl groups is 1. The number of amides is 1. The van der Waals surface area contributed by atoms with Gasteiger partial charge in [0.25, 0.3) is 0 Å². The van der Waals surface area contributed by atoms with E-state index in [2.05, 4.69) is 17.4 Å². The van der Waals surface area contributed by atoms with Crippen molar-refractivity contribution < 1.29 is 9.90 Å². The molecule has 2 aromatic carbocycles. The van der Waals surface area contributed by atoms with Crippen LogP contribution in [0.3, 0.4) is 0 Å². The van der Waals surface area contributed by atoms with Gasteiger partial charge in [0.2, 0.25) is 5.91 Å². The van der Waals surface area contributed by atoms with Gasteiger partial charge in [-0.1, -0.05) is 49.0 Å². The van der Waals surface area contributed by atoms with Crippen LogP contribution in [-0.2, 0) is 4.79 Å². The molecule has 3 N–H and O–H groups in total. The number of phenols is 1. The molecule has 1 aliphatic carbocycles. The summed E-state index contributed by atoms with van der Waals surface area (Å²) >= 11 is 0. The highest BCUT2D eigenvalue weighted by molar-refractivity contribution is 5.83. The third-order valence-electron chi connectivity index (χ3n) is 3.92. The van der Waals surface area contributed by atoms with Crippen LogP contribution >= 0.6 is 0 Å². The van der Waals surface area contributed by atoms with Crippen LogP contribution in [0.1, 0.15) is 23.5 Å². The fourth-order valence-corrected chi connectivity index (χ4v) is 2.58. The zero-order chi connectivity index (χ0) is 15.5. The lowest BCUT2D eigenvalue weighted by molar-refractivity contribution is -0.123. The zero-order valence-electron chi connectivity index (χ0n) is 12.1. The number of carbonyl (C=O) groups is 1. The first-order valence-electron chi connectivity index (χ1n) is 7.25. The lowest BCUT2D eigenvalue weighted by atomic mass is 10.1. The summed E-state index contributed by atoms with van der Waals surface area (Å²) in [6.07, 6.45) is 0.862. The molecule has 0 heterocycles. The number of benzene rings is 2. The number of hydrogen-bond acceptors (Lipinski definition) is 3. The molecule has 4 nitrogen and oxygen atoms in total. The Balaban J connectivity index is 1.54. The van der Waals surface area contributed by atoms with Gasteiger partial charge in [-0.25, -0.2) is 0 Å². The minimum atomic E-state index is -0.0505. The highest BCUT2D eigenvalue weighted by Crippen LogP contribution is 2.47. The van der Waals surface area contributed by atoms with Gasteiger partial charge in [-0.05, 0) is 30.0 Å². The van der Waals surface area contributed by atoms with Crippen LogP contribution in [0.5, 0.6) is 5.75 Å². The average molecular weight is 294 g/mol. The van der Waals surface area contributed by atoms with Gasteiger partial charge in [0.15, 0.2) is 0 Å². The van der Waals surface area contributed by atoms with E-state index in [1.165, 1.54) is 5.56 Å². The van der Waals surface area contributed by atoms with Crippen LogP contribution in [0, 0.1) is 5.92 Å². The second kappa shape index (κ2) is 5.93. The fourth-order valence-electron chi connectivity index (χ4n) is 2.58. The number of rotatable bonds is 5. The van der Waals surface area contributed by atoms with E-state index in [-0.39, 0.29) is 17.6 Å². The summed E-state index contributed by atoms with van der Waals surface area (Å²) in [5.74, 6) is 0.363. The number of para-hydroxylation sites is 1. The van der Waals surface area contributed by atoms with Crippen molar-refractivity contribution in [2.75, 3.05) is 0 Å². The van der Waals surface area contributed by atoms with Gasteiger partial charge in [0.05, 0.1) is 5.70 Å². The Kier molecular flexibility index (Phi) is 3.83. The smallest absolute Gasteiger partial charge is 0.242 e. The first-order valence-corrected chi connectivity index (χ1v) is 7.25. The summed E-state index contributed by atoms with van der Waals surface area (Å²) in [6.45, 7) is 3.83. The van der Waals surface area contributed by atoms with Crippen molar-refractivity contribution in [1.82, 2.24) is 10.9 Å². The highest BCUT2D eigenvalue weighted by atomic mass is 16.3. The van der Waals surface area contributed by atoms with Gasteiger partial charge in [0.1, 0.15) is 5.75 Å². The molecular formula is C18H18N2O2. The van der Waals surface area contributed by atoms with Crippen LogP contribution in [0.25, 0.3) is 5.70 Å². The summed E-state index contributed by atoms with van der Waals surface area (Å²) in [4.78, 5) is 12.1. The molecule has 1 aliphatic rings. The standard InChI is InChI=1S/C18H18N2O2/c1-12(14-9-5-6-10-17(14)21)19-20-18(22)16-11-15(16)13-7-3-2-4-8-13/h2-10,15-16,19,21H,1,11H2,(H,20,22). The van der Waals surface area contributed by atoms with E-state index in [4.69, 9.17) is 0 Å². The van der Waals surface area contributed by atoms with E-state index in [1.54, 1.807) is 24.3 Å². The van der Waals surface area contributed by atoms with Crippen molar-refractivity contribution in [3.8, 4) is 5.75 Å². The number of hydrazine groups is 1. The van der Waals surface area contributed by atoms with Crippen molar-refractivity contribution in [2.24, 2.45) is 5.92 Å². The molecule has 3 rings (SSSR count). The van der Waals surface area contributed by atoms with Crippen LogP contribution in [0.15, 0.2) is 61.2 Å². The minimum absolute atomic E-state index is 0.00734. The highest BCUT2D eigenvalue weighted by Gasteiger charge is 2.43. The Morgan fingerprint density at radius 3 is 2.45 bits per heavy atom. The predicted octanol–water partition coefficient (Wildman–Crippen LogP) is 2.79. The maximum Gasteiger partial charge on any atom is 0.242 e. The Labute approximate surface area is 129 Å². The lowest BCUT2D eigenvalue weighted by Gasteiger charge is -2.12. The van der Waals surface area contributed by atoms with Crippen molar-refractivity contribution >= 4 is 11.6 Å². The van der Waals surface area contributed by atoms with Crippen molar-refractivity contribution in [3.05, 3.63) is 72.3 Å². The Bertz CT molecular complexity index is 697. The van der Waals surface area contributed by atoms with E-state index >= 15 is 0 Å². The predicted molar refractivity (Wildman–Crippen MR) is 85.7 cm³/mol. The second-order valence-corrected chi connectivity index (χ2v) is 5.47. The molecule has 0 saturated heterocycles. The van der Waals surface area contributed by atoms with E-state index in [1.807, 2.05) is 30.3 Å². The van der Waals surface area contributed by atoms with E-state index in [0.717, 1.165) is 6.42 Å². The summed E-state index contributed by atoms with van der Waals surface area (Å²) in [5, 5.41) is 9.74. The average Bonchev–Trinajstić information content (AvgIpc) is 3.34. The van der Waals surface area contributed by atoms with E-state index in [9.17, 15) is 9.90 Å². The quantitative estimate of drug-likeness (QED) is 0.743. The van der Waals surface area contributed by atoms with Crippen molar-refractivity contribution in [1.29, 1.82) is 0 Å². The van der Waals surface area contributed by atoms with E-state index < -0.39 is 0 Å². The topological polar surface area (TPSA) is 61.4 Å². The molecule has 0 aromatic heterocycles. The Morgan fingerprint density at radius 2 is 1.73 bits per heavy atom. The molecule has 22 heavy (non-hydrogen) atoms. The van der Waals surface area contributed by atoms with Crippen LogP contribution < -0.4 is 10.9 Å². The Hall–Kier alpha value is -2.75. The van der Waals surface area contributed by atoms with Crippen LogP contribution in [0.4, 0.5) is 0 Å². The second-order valence-electron chi connectivity index (χ2n) is 5.47. The van der Waals surface area contributed by atoms with Crippen LogP contribution in [0.2, 0.25) is 0 Å². The SMILES string of the molecule is C=C(NNC(=O)C1CC1c1ccccc1)c1ccccc1O. The number of hydrogen-bond donors (Lipinski definition) is 3. The Morgan fingerprint density at radius 1 is 1.05 bits per heavy atom. The monoisotopic (exact) mass is 294 g/mol. The van der Waals surface area contributed by atoms with Gasteiger partial charge in [-0.2, -0.15) is 0 Å². The van der Waals surface area contributed by atoms with Crippen molar-refractivity contribution in [3.63, 3.8) is 0 Å². The lowest BCUT2D eigenvalue weighted by Crippen LogP contribution is -2.37. The summed E-state index contributed by atoms with van der Waals surface area (Å²) < 4.78 is 0. The molecule has 0 bridgehead atoms. The summed E-state index contributed by atoms with van der Waals surface area (Å²) in [7, 11) is 0. The first kappa shape index (κ1) is 14.2. The number of carbonyl (C=O) groups excluding carboxylic acids is 1. The fraction of sp³-hybridized carbons (Fsp3) is 0.167. The van der Waals surface area contributed by atoms with Gasteiger partial charge < -0.3 is 5.11 Å². The molecule has 0 spiro atoms. The molecule has 1 fully saturated rings. The molecule has 1 saturated carbocycles. The third kappa shape index (κ3) is 2.96. The molecule has 2 atom stereocenters. The van der Waals surface area contributed by atoms with Gasteiger partial charge in [-0.3, -0.25) is 15.6 Å². The molecule has 0 aliphatic heterocycles. The summed E-state index contributed by atoms with van der Waals surface area (Å²) in [6, 6.07) is 16.9. The molecule has 112 valence electrons. The normalized spacial score (nSPS) is 19.3. The molecule has 2 aromatic rings. The van der Waals surface area contributed by atoms with Gasteiger partial charge >= 0.3 is 0 Å². The zero-order valence-corrected chi connectivity index (χ0v) is 12.1. The van der Waals surface area contributed by atoms with Gasteiger partial charge in [0, 0.05) is 11.5 Å². The maximum atomic E-state index is 12.1. The third-order valence-corrected chi connectivity index (χ3v) is 3.92. The van der Waals surface area contributed by atoms with E-state index in [0.29, 0.717) is 17.2 Å². The van der Waals surface area contributed by atoms with Crippen LogP contribution in [-0.4, -0.2) is 11.0 Å². The molecular weight excluding hydrogens is 276 g/mol. The largest absolute Gasteiger partial charge is 0.507 e. The molecule has 1 amide bonds. The van der Waals surface area contributed by atoms with Crippen molar-refractivity contribution in [2.45, 2.75) is 12.3 Å². The molecule has 0 radical (unpaired) electrons. The first-order chi connectivity index (χ1) is 10.7.